The van der Waals surface area contributed by atoms with E-state index in [4.69, 9.17) is 23.1 Å². The molecule has 4 nitrogen and oxygen atoms in total. The van der Waals surface area contributed by atoms with E-state index >= 15 is 0 Å². The number of nitrogens with zero attached hydrogens (tertiary/aromatic N) is 1. The van der Waals surface area contributed by atoms with Crippen LogP contribution in [-0.2, 0) is 0 Å². The van der Waals surface area contributed by atoms with E-state index in [1.807, 2.05) is 6.92 Å². The Morgan fingerprint density at radius 2 is 2.19 bits per heavy atom. The zero-order valence-corrected chi connectivity index (χ0v) is 12.2. The third-order valence-electron chi connectivity index (χ3n) is 3.21. The SMILES string of the molecule is CC[C@@H](N)c1ccc(Cl)c(C(=O)c2cncc(N)c2)c1F.[HH].[HH].[HH].[HH].[HH]. The molecule has 2 aromatic rings. The van der Waals surface area contributed by atoms with Gasteiger partial charge in [-0.25, -0.2) is 4.39 Å². The monoisotopic (exact) mass is 317 g/mol. The maximum atomic E-state index is 14.6. The molecule has 0 radical (unpaired) electrons. The van der Waals surface area contributed by atoms with E-state index in [9.17, 15) is 9.18 Å². The second kappa shape index (κ2) is 6.20. The molecule has 0 unspecified atom stereocenters. The van der Waals surface area contributed by atoms with E-state index in [0.717, 1.165) is 0 Å². The smallest absolute Gasteiger partial charge is 0.199 e. The summed E-state index contributed by atoms with van der Waals surface area (Å²) in [7, 11) is 0. The first-order valence-corrected chi connectivity index (χ1v) is 6.82. The molecule has 0 aliphatic rings. The molecule has 1 aromatic carbocycles. The zero-order chi connectivity index (χ0) is 15.6. The topological polar surface area (TPSA) is 82.0 Å². The highest BCUT2D eigenvalue weighted by molar-refractivity contribution is 6.35. The number of nitrogens with two attached hydrogens (primary N) is 2. The minimum Gasteiger partial charge on any atom is -0.397 e. The minimum absolute atomic E-state index is 0. The Bertz CT molecular complexity index is 709. The van der Waals surface area contributed by atoms with Crippen molar-refractivity contribution in [3.8, 4) is 0 Å². The van der Waals surface area contributed by atoms with Gasteiger partial charge in [0.25, 0.3) is 0 Å². The van der Waals surface area contributed by atoms with Crippen LogP contribution in [0.4, 0.5) is 10.1 Å². The first-order valence-electron chi connectivity index (χ1n) is 6.44. The van der Waals surface area contributed by atoms with E-state index in [1.54, 1.807) is 0 Å². The van der Waals surface area contributed by atoms with E-state index in [1.165, 1.54) is 30.6 Å². The molecule has 21 heavy (non-hydrogen) atoms. The van der Waals surface area contributed by atoms with Gasteiger partial charge in [0.15, 0.2) is 5.78 Å². The molecule has 6 heteroatoms. The summed E-state index contributed by atoms with van der Waals surface area (Å²) in [5, 5.41) is 0.0342. The summed E-state index contributed by atoms with van der Waals surface area (Å²) in [6, 6.07) is 3.91. The summed E-state index contributed by atoms with van der Waals surface area (Å²) >= 11 is 5.98. The van der Waals surface area contributed by atoms with Crippen LogP contribution < -0.4 is 11.5 Å². The number of ketones is 1. The largest absolute Gasteiger partial charge is 0.397 e. The molecular formula is C15H25ClFN3O. The summed E-state index contributed by atoms with van der Waals surface area (Å²) in [6.07, 6.45) is 3.27. The number of benzene rings is 1. The lowest BCUT2D eigenvalue weighted by Crippen LogP contribution is -2.15. The number of aromatic nitrogens is 1. The summed E-state index contributed by atoms with van der Waals surface area (Å²) in [5.74, 6) is -1.26. The Labute approximate surface area is 134 Å². The van der Waals surface area contributed by atoms with Crippen LogP contribution in [0.2, 0.25) is 5.02 Å². The van der Waals surface area contributed by atoms with Crippen LogP contribution in [0.25, 0.3) is 0 Å². The van der Waals surface area contributed by atoms with Crippen LogP contribution in [0, 0.1) is 5.82 Å². The van der Waals surface area contributed by atoms with Crippen LogP contribution in [0.3, 0.4) is 0 Å². The molecule has 2 rings (SSSR count). The van der Waals surface area contributed by atoms with Crippen molar-refractivity contribution >= 4 is 23.1 Å². The van der Waals surface area contributed by atoms with Gasteiger partial charge in [-0.05, 0) is 18.6 Å². The second-order valence-electron chi connectivity index (χ2n) is 4.68. The molecule has 0 amide bonds. The van der Waals surface area contributed by atoms with Crippen molar-refractivity contribution in [2.75, 3.05) is 5.73 Å². The number of carbonyl (C=O) groups is 1. The van der Waals surface area contributed by atoms with Gasteiger partial charge in [-0.15, -0.1) is 0 Å². The lowest BCUT2D eigenvalue weighted by molar-refractivity contribution is 0.103. The summed E-state index contributed by atoms with van der Waals surface area (Å²) in [6.45, 7) is 1.84. The molecule has 0 bridgehead atoms. The van der Waals surface area contributed by atoms with E-state index in [0.29, 0.717) is 12.1 Å². The Morgan fingerprint density at radius 1 is 1.48 bits per heavy atom. The molecule has 0 aliphatic carbocycles. The third kappa shape index (κ3) is 3.04. The van der Waals surface area contributed by atoms with Gasteiger partial charge in [0.2, 0.25) is 0 Å². The van der Waals surface area contributed by atoms with Crippen LogP contribution in [-0.4, -0.2) is 10.8 Å². The van der Waals surface area contributed by atoms with Crippen molar-refractivity contribution in [2.45, 2.75) is 19.4 Å². The number of nitrogen functional groups attached to an aromatic ring is 1. The molecule has 0 fully saturated rings. The molecule has 1 heterocycles. The van der Waals surface area contributed by atoms with Crippen molar-refractivity contribution in [1.82, 2.24) is 4.98 Å². The highest BCUT2D eigenvalue weighted by atomic mass is 35.5. The average molecular weight is 318 g/mol. The van der Waals surface area contributed by atoms with Gasteiger partial charge in [-0.1, -0.05) is 24.6 Å². The number of carbonyl (C=O) groups excluding carboxylic acids is 1. The quantitative estimate of drug-likeness (QED) is 0.822. The van der Waals surface area contributed by atoms with Crippen LogP contribution >= 0.6 is 11.6 Å². The molecule has 4 N–H and O–H groups in total. The molecule has 0 saturated carbocycles. The highest BCUT2D eigenvalue weighted by Gasteiger charge is 2.23. The number of halogens is 2. The van der Waals surface area contributed by atoms with Gasteiger partial charge in [0.05, 0.1) is 16.3 Å². The van der Waals surface area contributed by atoms with Gasteiger partial charge in [0, 0.05) is 36.7 Å². The lowest BCUT2D eigenvalue weighted by Gasteiger charge is -2.14. The minimum atomic E-state index is -0.690. The van der Waals surface area contributed by atoms with E-state index < -0.39 is 17.6 Å². The normalized spacial score (nSPS) is 12.2. The Kier molecular flexibility index (Phi) is 4.55. The van der Waals surface area contributed by atoms with Crippen molar-refractivity contribution in [2.24, 2.45) is 5.73 Å². The number of anilines is 1. The van der Waals surface area contributed by atoms with Gasteiger partial charge in [-0.2, -0.15) is 0 Å². The molecular weight excluding hydrogens is 293 g/mol. The fourth-order valence-electron chi connectivity index (χ4n) is 2.01. The Balaban J connectivity index is -0.000000484. The lowest BCUT2D eigenvalue weighted by atomic mass is 9.97. The van der Waals surface area contributed by atoms with Gasteiger partial charge >= 0.3 is 0 Å². The van der Waals surface area contributed by atoms with Crippen molar-refractivity contribution in [1.29, 1.82) is 0 Å². The molecule has 0 saturated heterocycles. The highest BCUT2D eigenvalue weighted by Crippen LogP contribution is 2.28. The predicted molar refractivity (Wildman–Crippen MR) is 91.3 cm³/mol. The van der Waals surface area contributed by atoms with Crippen molar-refractivity contribution in [3.63, 3.8) is 0 Å². The number of rotatable bonds is 4. The third-order valence-corrected chi connectivity index (χ3v) is 3.52. The van der Waals surface area contributed by atoms with Crippen LogP contribution in [0.15, 0.2) is 30.6 Å². The predicted octanol–water partition coefficient (Wildman–Crippen LogP) is 4.33. The standard InChI is InChI=1S/C15H15ClFN3O.5H2/c1-2-12(19)10-3-4-11(16)13(14(10)17)15(21)8-5-9(18)7-20-6-8;;;;;/h3-7,12H,2,18-19H2,1H3;5*1H/t12-;;;;;/m1...../s1. The zero-order valence-electron chi connectivity index (χ0n) is 11.4. The Morgan fingerprint density at radius 3 is 2.81 bits per heavy atom. The maximum absolute atomic E-state index is 14.6. The van der Waals surface area contributed by atoms with Crippen molar-refractivity contribution in [3.05, 3.63) is 58.1 Å². The molecule has 0 spiro atoms. The number of hydrogen-bond donors (Lipinski definition) is 2. The van der Waals surface area contributed by atoms with Gasteiger partial charge in [-0.3, -0.25) is 9.78 Å². The van der Waals surface area contributed by atoms with Gasteiger partial charge in [0.1, 0.15) is 5.82 Å². The molecule has 120 valence electrons. The van der Waals surface area contributed by atoms with Crippen molar-refractivity contribution < 1.29 is 16.3 Å². The molecule has 0 aliphatic heterocycles. The first-order chi connectivity index (χ1) is 9.95. The Hall–Kier alpha value is -1.98. The fraction of sp³-hybridized carbons (Fsp3) is 0.200. The summed E-state index contributed by atoms with van der Waals surface area (Å²) in [4.78, 5) is 16.3. The van der Waals surface area contributed by atoms with E-state index in [-0.39, 0.29) is 28.8 Å². The van der Waals surface area contributed by atoms with E-state index in [2.05, 4.69) is 4.98 Å². The maximum Gasteiger partial charge on any atom is 0.199 e. The van der Waals surface area contributed by atoms with Crippen LogP contribution in [0.1, 0.15) is 48.0 Å². The summed E-state index contributed by atoms with van der Waals surface area (Å²) < 4.78 is 14.6. The van der Waals surface area contributed by atoms with Gasteiger partial charge < -0.3 is 11.5 Å². The average Bonchev–Trinajstić information content (AvgIpc) is 2.46. The first kappa shape index (κ1) is 15.4. The fourth-order valence-corrected chi connectivity index (χ4v) is 2.24. The molecule has 1 atom stereocenters. The summed E-state index contributed by atoms with van der Waals surface area (Å²) in [5.41, 5.74) is 12.0. The number of hydrogen-bond acceptors (Lipinski definition) is 4. The second-order valence-corrected chi connectivity index (χ2v) is 5.08. The number of pyridine rings is 1. The van der Waals surface area contributed by atoms with Crippen LogP contribution in [0.5, 0.6) is 0 Å². The molecule has 1 aromatic heterocycles.